The lowest BCUT2D eigenvalue weighted by molar-refractivity contribution is -0.152. The number of aliphatic hydroxyl groups excluding tert-OH is 3. The summed E-state index contributed by atoms with van der Waals surface area (Å²) in [5.41, 5.74) is 0. The van der Waals surface area contributed by atoms with Gasteiger partial charge < -0.3 is 24.8 Å². The predicted octanol–water partition coefficient (Wildman–Crippen LogP) is 9.49. The van der Waals surface area contributed by atoms with Crippen molar-refractivity contribution in [3.63, 3.8) is 0 Å². The Hall–Kier alpha value is -1.77. The van der Waals surface area contributed by atoms with Crippen molar-refractivity contribution in [2.24, 2.45) is 11.8 Å². The van der Waals surface area contributed by atoms with E-state index in [0.29, 0.717) is 19.3 Å². The Kier molecular flexibility index (Phi) is 29.5. The van der Waals surface area contributed by atoms with Gasteiger partial charge in [-0.25, -0.2) is 0 Å². The van der Waals surface area contributed by atoms with Gasteiger partial charge in [-0.1, -0.05) is 161 Å². The number of esters is 2. The Morgan fingerprint density at radius 1 is 0.660 bits per heavy atom. The fraction of sp³-hybridized carbons (Fsp3) is 0.881. The zero-order valence-corrected chi connectivity index (χ0v) is 32.1. The van der Waals surface area contributed by atoms with Gasteiger partial charge in [0.1, 0.15) is 25.1 Å². The van der Waals surface area contributed by atoms with Crippen LogP contribution in [-0.2, 0) is 23.9 Å². The number of aliphatic hydroxyl groups is 3. The normalized spacial score (nSPS) is 18.9. The number of ketones is 1. The molecule has 1 saturated carbocycles. The summed E-state index contributed by atoms with van der Waals surface area (Å²) in [5, 5.41) is 30.7. The second-order valence-corrected chi connectivity index (χ2v) is 14.9. The van der Waals surface area contributed by atoms with E-state index in [4.69, 9.17) is 9.47 Å². The number of unbranched alkanes of at least 4 members (excludes halogenated alkanes) is 20. The van der Waals surface area contributed by atoms with Crippen LogP contribution in [0.15, 0.2) is 12.2 Å². The first-order valence-electron chi connectivity index (χ1n) is 20.8. The first kappa shape index (κ1) is 46.3. The van der Waals surface area contributed by atoms with Crippen molar-refractivity contribution >= 4 is 17.7 Å². The average molecular weight is 709 g/mol. The van der Waals surface area contributed by atoms with Crippen molar-refractivity contribution in [1.29, 1.82) is 0 Å². The molecule has 8 heteroatoms. The summed E-state index contributed by atoms with van der Waals surface area (Å²) in [6.45, 7) is 4.02. The molecule has 1 fully saturated rings. The first-order chi connectivity index (χ1) is 24.3. The molecule has 0 heterocycles. The van der Waals surface area contributed by atoms with Crippen LogP contribution in [0.3, 0.4) is 0 Å². The van der Waals surface area contributed by atoms with Gasteiger partial charge in [-0.3, -0.25) is 14.4 Å². The highest BCUT2D eigenvalue weighted by Gasteiger charge is 2.39. The summed E-state index contributed by atoms with van der Waals surface area (Å²) >= 11 is 0. The third-order valence-electron chi connectivity index (χ3n) is 10.2. The van der Waals surface area contributed by atoms with Gasteiger partial charge in [-0.2, -0.15) is 0 Å². The van der Waals surface area contributed by atoms with E-state index in [9.17, 15) is 29.7 Å². The molecule has 1 aliphatic rings. The molecule has 0 saturated heterocycles. The van der Waals surface area contributed by atoms with Gasteiger partial charge in [-0.05, 0) is 31.6 Å². The van der Waals surface area contributed by atoms with Crippen LogP contribution in [0.4, 0.5) is 0 Å². The topological polar surface area (TPSA) is 130 Å². The molecule has 8 nitrogen and oxygen atoms in total. The molecule has 0 aromatic heterocycles. The molecule has 292 valence electrons. The second-order valence-electron chi connectivity index (χ2n) is 14.9. The zero-order valence-electron chi connectivity index (χ0n) is 32.1. The van der Waals surface area contributed by atoms with Crippen molar-refractivity contribution in [3.05, 3.63) is 12.2 Å². The minimum absolute atomic E-state index is 0.0367. The van der Waals surface area contributed by atoms with Crippen LogP contribution in [0.1, 0.15) is 194 Å². The zero-order chi connectivity index (χ0) is 36.7. The van der Waals surface area contributed by atoms with Gasteiger partial charge in [0.15, 0.2) is 0 Å². The minimum atomic E-state index is -1.03. The highest BCUT2D eigenvalue weighted by molar-refractivity contribution is 5.86. The molecule has 3 N–H and O–H groups in total. The number of carbonyl (C=O) groups excluding carboxylic acids is 3. The molecule has 0 aromatic carbocycles. The quantitative estimate of drug-likeness (QED) is 0.0342. The van der Waals surface area contributed by atoms with E-state index in [2.05, 4.69) is 13.8 Å². The van der Waals surface area contributed by atoms with E-state index < -0.39 is 18.3 Å². The maximum Gasteiger partial charge on any atom is 0.305 e. The van der Waals surface area contributed by atoms with Crippen LogP contribution >= 0.6 is 0 Å². The summed E-state index contributed by atoms with van der Waals surface area (Å²) in [4.78, 5) is 36.5. The van der Waals surface area contributed by atoms with Crippen molar-refractivity contribution in [1.82, 2.24) is 0 Å². The lowest BCUT2D eigenvalue weighted by Crippen LogP contribution is -2.25. The number of hydrogen-bond donors (Lipinski definition) is 3. The molecule has 0 aliphatic heterocycles. The fourth-order valence-corrected chi connectivity index (χ4v) is 6.93. The largest absolute Gasteiger partial charge is 0.463 e. The maximum atomic E-state index is 12.4. The van der Waals surface area contributed by atoms with E-state index in [-0.39, 0.29) is 55.6 Å². The number of Topliss-reactive ketones (excluding diaryl/α,β-unsaturated/α-hetero) is 1. The third kappa shape index (κ3) is 25.2. The lowest BCUT2D eigenvalue weighted by atomic mass is 9.88. The standard InChI is InChI=1S/C42H76O8/c1-3-5-7-8-9-10-11-12-13-14-15-16-17-18-19-24-28-41(47)49-33-36(44)34-50-42(48)29-25-21-20-23-27-37-38(40(46)32-39(37)45)31-30-35(43)26-22-6-4-2/h30-31,35-39,43-45H,3-29,32-34H2,1-2H3/b31-30+/t35-,36-,37+,38+,39-/m0/s1. The van der Waals surface area contributed by atoms with Crippen LogP contribution in [0.5, 0.6) is 0 Å². The van der Waals surface area contributed by atoms with E-state index in [1.165, 1.54) is 83.5 Å². The summed E-state index contributed by atoms with van der Waals surface area (Å²) in [7, 11) is 0. The van der Waals surface area contributed by atoms with Gasteiger partial charge in [-0.15, -0.1) is 0 Å². The van der Waals surface area contributed by atoms with Crippen LogP contribution in [0.2, 0.25) is 0 Å². The van der Waals surface area contributed by atoms with Gasteiger partial charge in [0.25, 0.3) is 0 Å². The number of ether oxygens (including phenoxy) is 2. The molecule has 5 atom stereocenters. The molecule has 1 rings (SSSR count). The summed E-state index contributed by atoms with van der Waals surface area (Å²) in [6.07, 6.45) is 30.3. The summed E-state index contributed by atoms with van der Waals surface area (Å²) in [6, 6.07) is 0. The van der Waals surface area contributed by atoms with E-state index >= 15 is 0 Å². The highest BCUT2D eigenvalue weighted by Crippen LogP contribution is 2.34. The number of hydrogen-bond acceptors (Lipinski definition) is 8. The Balaban J connectivity index is 1.98. The van der Waals surface area contributed by atoms with E-state index in [0.717, 1.165) is 64.2 Å². The van der Waals surface area contributed by atoms with Gasteiger partial charge in [0, 0.05) is 25.2 Å². The second kappa shape index (κ2) is 31.9. The van der Waals surface area contributed by atoms with Crippen molar-refractivity contribution < 1.29 is 39.2 Å². The van der Waals surface area contributed by atoms with Crippen LogP contribution in [0.25, 0.3) is 0 Å². The number of carbonyl (C=O) groups is 3. The average Bonchev–Trinajstić information content (AvgIpc) is 3.37. The lowest BCUT2D eigenvalue weighted by Gasteiger charge is -2.19. The van der Waals surface area contributed by atoms with E-state index in [1.807, 2.05) is 0 Å². The minimum Gasteiger partial charge on any atom is -0.463 e. The monoisotopic (exact) mass is 709 g/mol. The Labute approximate surface area is 305 Å². The van der Waals surface area contributed by atoms with Gasteiger partial charge in [0.05, 0.1) is 12.2 Å². The highest BCUT2D eigenvalue weighted by atomic mass is 16.6. The number of allylic oxidation sites excluding steroid dienone is 1. The molecule has 50 heavy (non-hydrogen) atoms. The molecule has 0 spiro atoms. The Morgan fingerprint density at radius 2 is 1.08 bits per heavy atom. The number of rotatable bonds is 34. The first-order valence-corrected chi connectivity index (χ1v) is 20.8. The van der Waals surface area contributed by atoms with Crippen LogP contribution < -0.4 is 0 Å². The SMILES string of the molecule is CCCCCCCCCCCCCCCCCCC(=O)OC[C@H](O)COC(=O)CCCCCC[C@H]1[C@@H](O)CC(=O)[C@@H]1/C=C/[C@@H](O)CCCCC. The molecule has 0 unspecified atom stereocenters. The summed E-state index contributed by atoms with van der Waals surface area (Å²) in [5.74, 6) is -1.14. The molecule has 0 bridgehead atoms. The van der Waals surface area contributed by atoms with Crippen LogP contribution in [-0.4, -0.2) is 64.6 Å². The molecular weight excluding hydrogens is 632 g/mol. The molecule has 0 aromatic rings. The fourth-order valence-electron chi connectivity index (χ4n) is 6.93. The summed E-state index contributed by atoms with van der Waals surface area (Å²) < 4.78 is 10.3. The smallest absolute Gasteiger partial charge is 0.305 e. The predicted molar refractivity (Wildman–Crippen MR) is 202 cm³/mol. The molecular formula is C42H76O8. The van der Waals surface area contributed by atoms with E-state index in [1.54, 1.807) is 12.2 Å². The van der Waals surface area contributed by atoms with Crippen molar-refractivity contribution in [2.45, 2.75) is 212 Å². The molecule has 0 amide bonds. The third-order valence-corrected chi connectivity index (χ3v) is 10.2. The maximum absolute atomic E-state index is 12.4. The Bertz CT molecular complexity index is 874. The molecule has 1 aliphatic carbocycles. The Morgan fingerprint density at radius 3 is 1.56 bits per heavy atom. The van der Waals surface area contributed by atoms with Crippen LogP contribution in [0, 0.1) is 11.8 Å². The van der Waals surface area contributed by atoms with Gasteiger partial charge in [0.2, 0.25) is 0 Å². The van der Waals surface area contributed by atoms with Crippen molar-refractivity contribution in [2.75, 3.05) is 13.2 Å². The molecule has 0 radical (unpaired) electrons. The van der Waals surface area contributed by atoms with Crippen molar-refractivity contribution in [3.8, 4) is 0 Å². The van der Waals surface area contributed by atoms with Gasteiger partial charge >= 0.3 is 11.9 Å².